The van der Waals surface area contributed by atoms with Crippen LogP contribution in [0.2, 0.25) is 0 Å². The van der Waals surface area contributed by atoms with E-state index in [-0.39, 0.29) is 5.41 Å². The highest BCUT2D eigenvalue weighted by Crippen LogP contribution is 2.40. The number of benzene rings is 2. The summed E-state index contributed by atoms with van der Waals surface area (Å²) in [6.07, 6.45) is -2.95. The van der Waals surface area contributed by atoms with Gasteiger partial charge in [0.05, 0.1) is 22.4 Å². The first kappa shape index (κ1) is 35.1. The number of aliphatic hydroxyl groups is 2. The molecule has 0 amide bonds. The smallest absolute Gasteiger partial charge is 0.225 e. The lowest BCUT2D eigenvalue weighted by Crippen LogP contribution is -2.34. The lowest BCUT2D eigenvalue weighted by Gasteiger charge is -2.31. The summed E-state index contributed by atoms with van der Waals surface area (Å²) in [6, 6.07) is 8.70. The molecule has 240 valence electrons. The Hall–Kier alpha value is -0.720. The summed E-state index contributed by atoms with van der Waals surface area (Å²) in [6.45, 7) is 17.2. The van der Waals surface area contributed by atoms with Gasteiger partial charge in [0.1, 0.15) is 23.7 Å². The summed E-state index contributed by atoms with van der Waals surface area (Å²) in [5.74, 6) is 6.06. The maximum Gasteiger partial charge on any atom is 0.225 e. The Morgan fingerprint density at radius 3 is 1.23 bits per heavy atom. The van der Waals surface area contributed by atoms with E-state index in [1.165, 1.54) is 11.1 Å². The standard InChI is InChI=1S/C33H48O6S4/c1-19-13-25(14-20(2)29(19)38-31(23(5)34)36-17-27-40-9-10-41-27)33(7,8)26-15-21(3)30(22(4)16-26)39-32(24(6)35)37-18-28-42-11-12-43-28/h13-16,23-24,27-28,31-32,34-35H,9-12,17-18H2,1-8H3. The van der Waals surface area contributed by atoms with E-state index in [9.17, 15) is 10.2 Å². The lowest BCUT2D eigenvalue weighted by molar-refractivity contribution is -0.136. The average molecular weight is 669 g/mol. The zero-order chi connectivity index (χ0) is 31.3. The molecule has 43 heavy (non-hydrogen) atoms. The number of thioether (sulfide) groups is 4. The normalized spacial score (nSPS) is 19.4. The van der Waals surface area contributed by atoms with Gasteiger partial charge in [-0.1, -0.05) is 38.1 Å². The van der Waals surface area contributed by atoms with Gasteiger partial charge in [-0.05, 0) is 74.9 Å². The van der Waals surface area contributed by atoms with Crippen LogP contribution in [0.4, 0.5) is 0 Å². The Morgan fingerprint density at radius 1 is 0.651 bits per heavy atom. The average Bonchev–Trinajstić information content (AvgIpc) is 3.65. The van der Waals surface area contributed by atoms with Crippen LogP contribution >= 0.6 is 47.0 Å². The third-order valence-corrected chi connectivity index (χ3v) is 13.7. The largest absolute Gasteiger partial charge is 0.462 e. The molecule has 2 saturated heterocycles. The second-order valence-electron chi connectivity index (χ2n) is 12.0. The van der Waals surface area contributed by atoms with Crippen molar-refractivity contribution in [2.45, 2.75) is 94.8 Å². The highest BCUT2D eigenvalue weighted by Gasteiger charge is 2.29. The van der Waals surface area contributed by atoms with Crippen LogP contribution in [-0.2, 0) is 14.9 Å². The Balaban J connectivity index is 1.50. The van der Waals surface area contributed by atoms with Gasteiger partial charge in [-0.15, -0.1) is 47.0 Å². The number of ether oxygens (including phenoxy) is 4. The molecule has 4 atom stereocenters. The summed E-state index contributed by atoms with van der Waals surface area (Å²) < 4.78 is 25.4. The number of rotatable bonds is 14. The molecule has 2 aliphatic heterocycles. The van der Waals surface area contributed by atoms with E-state index >= 15 is 0 Å². The van der Waals surface area contributed by atoms with Crippen LogP contribution < -0.4 is 9.47 Å². The Labute approximate surface area is 275 Å². The van der Waals surface area contributed by atoms with Gasteiger partial charge in [-0.3, -0.25) is 0 Å². The highest BCUT2D eigenvalue weighted by atomic mass is 32.2. The van der Waals surface area contributed by atoms with Crippen molar-refractivity contribution in [2.75, 3.05) is 36.2 Å². The van der Waals surface area contributed by atoms with E-state index in [1.54, 1.807) is 13.8 Å². The van der Waals surface area contributed by atoms with Gasteiger partial charge < -0.3 is 29.2 Å². The fourth-order valence-electron chi connectivity index (χ4n) is 5.29. The van der Waals surface area contributed by atoms with Crippen molar-refractivity contribution in [3.63, 3.8) is 0 Å². The molecule has 2 heterocycles. The predicted octanol–water partition coefficient (Wildman–Crippen LogP) is 7.06. The predicted molar refractivity (Wildman–Crippen MR) is 185 cm³/mol. The van der Waals surface area contributed by atoms with E-state index in [0.717, 1.165) is 56.8 Å². The lowest BCUT2D eigenvalue weighted by atomic mass is 9.76. The Kier molecular flexibility index (Phi) is 12.8. The van der Waals surface area contributed by atoms with Gasteiger partial charge in [-0.25, -0.2) is 0 Å². The zero-order valence-corrected chi connectivity index (χ0v) is 29.9. The van der Waals surface area contributed by atoms with Gasteiger partial charge in [0.25, 0.3) is 0 Å². The van der Waals surface area contributed by atoms with Gasteiger partial charge >= 0.3 is 0 Å². The summed E-state index contributed by atoms with van der Waals surface area (Å²) >= 11 is 7.59. The molecule has 2 aromatic rings. The third kappa shape index (κ3) is 9.18. The molecule has 2 fully saturated rings. The van der Waals surface area contributed by atoms with Crippen molar-refractivity contribution in [2.24, 2.45) is 0 Å². The van der Waals surface area contributed by atoms with Crippen LogP contribution in [0, 0.1) is 27.7 Å². The maximum atomic E-state index is 10.4. The molecular weight excluding hydrogens is 621 g/mol. The first-order chi connectivity index (χ1) is 20.4. The molecule has 10 heteroatoms. The van der Waals surface area contributed by atoms with Crippen LogP contribution in [0.25, 0.3) is 0 Å². The molecule has 4 unspecified atom stereocenters. The molecule has 0 radical (unpaired) electrons. The third-order valence-electron chi connectivity index (χ3n) is 7.79. The van der Waals surface area contributed by atoms with Gasteiger partial charge in [0.15, 0.2) is 0 Å². The van der Waals surface area contributed by atoms with Crippen LogP contribution in [-0.4, -0.2) is 80.4 Å². The van der Waals surface area contributed by atoms with Crippen molar-refractivity contribution >= 4 is 47.0 Å². The van der Waals surface area contributed by atoms with E-state index in [0.29, 0.717) is 22.4 Å². The highest BCUT2D eigenvalue weighted by molar-refractivity contribution is 8.20. The van der Waals surface area contributed by atoms with Crippen LogP contribution in [0.5, 0.6) is 11.5 Å². The first-order valence-electron chi connectivity index (χ1n) is 15.0. The number of aliphatic hydroxyl groups excluding tert-OH is 2. The van der Waals surface area contributed by atoms with Crippen molar-refractivity contribution < 1.29 is 29.2 Å². The summed E-state index contributed by atoms with van der Waals surface area (Å²) in [5.41, 5.74) is 6.07. The van der Waals surface area contributed by atoms with E-state index in [2.05, 4.69) is 65.8 Å². The van der Waals surface area contributed by atoms with Crippen LogP contribution in [0.1, 0.15) is 61.1 Å². The fraction of sp³-hybridized carbons (Fsp3) is 0.636. The quantitative estimate of drug-likeness (QED) is 0.204. The SMILES string of the molecule is Cc1cc(C(C)(C)c2cc(C)c(OC(OCC3SCCS3)C(C)O)c(C)c2)cc(C)c1OC(OCC1SCCS1)C(C)O. The monoisotopic (exact) mass is 668 g/mol. The molecule has 0 bridgehead atoms. The number of aryl methyl sites for hydroxylation is 4. The molecule has 6 nitrogen and oxygen atoms in total. The minimum atomic E-state index is -0.752. The van der Waals surface area contributed by atoms with Gasteiger partial charge in [0.2, 0.25) is 12.6 Å². The van der Waals surface area contributed by atoms with Crippen LogP contribution in [0.3, 0.4) is 0 Å². The molecule has 0 saturated carbocycles. The van der Waals surface area contributed by atoms with Crippen molar-refractivity contribution in [1.82, 2.24) is 0 Å². The van der Waals surface area contributed by atoms with Crippen molar-refractivity contribution in [1.29, 1.82) is 0 Å². The topological polar surface area (TPSA) is 77.4 Å². The zero-order valence-electron chi connectivity index (χ0n) is 26.7. The molecular formula is C33H48O6S4. The Morgan fingerprint density at radius 2 is 0.953 bits per heavy atom. The molecule has 2 aromatic carbocycles. The minimum Gasteiger partial charge on any atom is -0.462 e. The second kappa shape index (κ2) is 15.7. The first-order valence-corrected chi connectivity index (χ1v) is 19.2. The molecule has 2 N–H and O–H groups in total. The molecule has 4 rings (SSSR count). The van der Waals surface area contributed by atoms with E-state index in [1.807, 2.05) is 47.0 Å². The Bertz CT molecular complexity index is 1070. The van der Waals surface area contributed by atoms with E-state index < -0.39 is 24.8 Å². The van der Waals surface area contributed by atoms with Gasteiger partial charge in [-0.2, -0.15) is 0 Å². The molecule has 0 spiro atoms. The van der Waals surface area contributed by atoms with Crippen LogP contribution in [0.15, 0.2) is 24.3 Å². The molecule has 0 aromatic heterocycles. The van der Waals surface area contributed by atoms with E-state index in [4.69, 9.17) is 18.9 Å². The summed E-state index contributed by atoms with van der Waals surface area (Å²) in [5, 5.41) is 20.8. The summed E-state index contributed by atoms with van der Waals surface area (Å²) in [4.78, 5) is 0. The second-order valence-corrected chi connectivity index (χ2v) is 17.8. The van der Waals surface area contributed by atoms with Crippen molar-refractivity contribution in [3.8, 4) is 11.5 Å². The molecule has 0 aliphatic carbocycles. The summed E-state index contributed by atoms with van der Waals surface area (Å²) in [7, 11) is 0. The van der Waals surface area contributed by atoms with Gasteiger partial charge in [0, 0.05) is 28.4 Å². The van der Waals surface area contributed by atoms with Crippen molar-refractivity contribution in [3.05, 3.63) is 57.6 Å². The minimum absolute atomic E-state index is 0.295. The number of hydrogen-bond acceptors (Lipinski definition) is 10. The molecule has 2 aliphatic rings. The fourth-order valence-corrected chi connectivity index (χ4v) is 10.5. The number of hydrogen-bond donors (Lipinski definition) is 2. The maximum absolute atomic E-state index is 10.4.